The quantitative estimate of drug-likeness (QED) is 0.917. The molecule has 0 amide bonds. The number of piperazine rings is 1. The fraction of sp³-hybridized carbons (Fsp3) is 0.667. The van der Waals surface area contributed by atoms with Crippen LogP contribution in [0.1, 0.15) is 34.1 Å². The first-order valence-corrected chi connectivity index (χ1v) is 8.15. The summed E-state index contributed by atoms with van der Waals surface area (Å²) < 4.78 is 0. The first-order chi connectivity index (χ1) is 9.86. The third kappa shape index (κ3) is 3.52. The molecule has 1 saturated heterocycles. The molecule has 118 valence electrons. The fourth-order valence-electron chi connectivity index (χ4n) is 3.08. The summed E-state index contributed by atoms with van der Waals surface area (Å²) in [5.74, 6) is 0.641. The number of benzene rings is 1. The molecule has 0 saturated carbocycles. The van der Waals surface area contributed by atoms with Crippen LogP contribution in [0.25, 0.3) is 0 Å². The van der Waals surface area contributed by atoms with Gasteiger partial charge in [-0.15, -0.1) is 0 Å². The maximum atomic E-state index is 3.76. The minimum Gasteiger partial charge on any atom is -0.378 e. The van der Waals surface area contributed by atoms with Crippen LogP contribution in [0.2, 0.25) is 0 Å². The van der Waals surface area contributed by atoms with E-state index in [0.717, 1.165) is 19.5 Å². The van der Waals surface area contributed by atoms with Gasteiger partial charge in [0.25, 0.3) is 0 Å². The lowest BCUT2D eigenvalue weighted by Gasteiger charge is -2.49. The Labute approximate surface area is 130 Å². The monoisotopic (exact) mass is 289 g/mol. The van der Waals surface area contributed by atoms with Crippen LogP contribution in [0.3, 0.4) is 0 Å². The Morgan fingerprint density at radius 1 is 1.38 bits per heavy atom. The molecule has 0 spiro atoms. The van der Waals surface area contributed by atoms with Gasteiger partial charge in [-0.3, -0.25) is 0 Å². The summed E-state index contributed by atoms with van der Waals surface area (Å²) in [6.07, 6.45) is 1.15. The van der Waals surface area contributed by atoms with E-state index in [1.165, 1.54) is 11.4 Å². The Bertz CT molecular complexity index is 469. The number of nitrogens with one attached hydrogen (secondary N) is 1. The van der Waals surface area contributed by atoms with E-state index >= 15 is 0 Å². The molecule has 0 bridgehead atoms. The van der Waals surface area contributed by atoms with Crippen molar-refractivity contribution in [2.45, 2.75) is 45.7 Å². The summed E-state index contributed by atoms with van der Waals surface area (Å²) in [7, 11) is 4.21. The lowest BCUT2D eigenvalue weighted by atomic mass is 9.89. The Morgan fingerprint density at radius 2 is 2.10 bits per heavy atom. The molecule has 1 N–H and O–H groups in total. The third-order valence-electron chi connectivity index (χ3n) is 4.89. The average Bonchev–Trinajstić information content (AvgIpc) is 2.47. The molecule has 1 aliphatic rings. The standard InChI is InChI=1S/C18H31N3/c1-7-18(4)13-21(17(12-19-18)14(2)3)16-10-8-9-15(11-16)20(5)6/h8-11,14,17,19H,7,12-13H2,1-6H3. The van der Waals surface area contributed by atoms with Gasteiger partial charge in [0.15, 0.2) is 0 Å². The number of rotatable bonds is 4. The van der Waals surface area contributed by atoms with Gasteiger partial charge in [0.1, 0.15) is 0 Å². The van der Waals surface area contributed by atoms with Gasteiger partial charge < -0.3 is 15.1 Å². The van der Waals surface area contributed by atoms with Crippen LogP contribution in [0.5, 0.6) is 0 Å². The van der Waals surface area contributed by atoms with Gasteiger partial charge >= 0.3 is 0 Å². The van der Waals surface area contributed by atoms with E-state index in [-0.39, 0.29) is 5.54 Å². The minimum absolute atomic E-state index is 0.208. The molecule has 0 aromatic heterocycles. The normalized spacial score (nSPS) is 26.2. The van der Waals surface area contributed by atoms with E-state index in [4.69, 9.17) is 0 Å². The van der Waals surface area contributed by atoms with Gasteiger partial charge in [0, 0.05) is 50.1 Å². The summed E-state index contributed by atoms with van der Waals surface area (Å²) in [6, 6.07) is 9.48. The summed E-state index contributed by atoms with van der Waals surface area (Å²) in [6.45, 7) is 11.4. The van der Waals surface area contributed by atoms with E-state index < -0.39 is 0 Å². The number of anilines is 2. The SMILES string of the molecule is CCC1(C)CN(c2cccc(N(C)C)c2)C(C(C)C)CN1. The van der Waals surface area contributed by atoms with Crippen LogP contribution in [0.4, 0.5) is 11.4 Å². The highest BCUT2D eigenvalue weighted by Gasteiger charge is 2.35. The van der Waals surface area contributed by atoms with Gasteiger partial charge in [-0.25, -0.2) is 0 Å². The lowest BCUT2D eigenvalue weighted by Crippen LogP contribution is -2.64. The average molecular weight is 289 g/mol. The van der Waals surface area contributed by atoms with Crippen molar-refractivity contribution >= 4 is 11.4 Å². The molecule has 1 heterocycles. The largest absolute Gasteiger partial charge is 0.378 e. The highest BCUT2D eigenvalue weighted by atomic mass is 15.3. The molecule has 1 aromatic rings. The van der Waals surface area contributed by atoms with Gasteiger partial charge in [0.05, 0.1) is 0 Å². The molecule has 3 heteroatoms. The first kappa shape index (κ1) is 16.2. The van der Waals surface area contributed by atoms with Crippen molar-refractivity contribution in [2.75, 3.05) is 37.0 Å². The van der Waals surface area contributed by atoms with Crippen molar-refractivity contribution in [1.82, 2.24) is 5.32 Å². The molecular weight excluding hydrogens is 258 g/mol. The number of hydrogen-bond acceptors (Lipinski definition) is 3. The van der Waals surface area contributed by atoms with Crippen LogP contribution < -0.4 is 15.1 Å². The van der Waals surface area contributed by atoms with Crippen LogP contribution in [-0.2, 0) is 0 Å². The molecule has 3 nitrogen and oxygen atoms in total. The molecule has 2 unspecified atom stereocenters. The van der Waals surface area contributed by atoms with Crippen LogP contribution in [-0.4, -0.2) is 38.8 Å². The molecule has 0 aliphatic carbocycles. The first-order valence-electron chi connectivity index (χ1n) is 8.15. The molecular formula is C18H31N3. The molecule has 1 fully saturated rings. The molecule has 2 atom stereocenters. The number of nitrogens with zero attached hydrogens (tertiary/aromatic N) is 2. The van der Waals surface area contributed by atoms with Gasteiger partial charge in [-0.2, -0.15) is 0 Å². The van der Waals surface area contributed by atoms with Crippen LogP contribution in [0, 0.1) is 5.92 Å². The summed E-state index contributed by atoms with van der Waals surface area (Å²) in [5.41, 5.74) is 2.83. The topological polar surface area (TPSA) is 18.5 Å². The zero-order valence-electron chi connectivity index (χ0n) is 14.5. The number of hydrogen-bond donors (Lipinski definition) is 1. The van der Waals surface area contributed by atoms with Gasteiger partial charge in [0.2, 0.25) is 0 Å². The summed E-state index contributed by atoms with van der Waals surface area (Å²) in [4.78, 5) is 4.78. The van der Waals surface area contributed by atoms with Crippen molar-refractivity contribution in [1.29, 1.82) is 0 Å². The van der Waals surface area contributed by atoms with E-state index in [0.29, 0.717) is 12.0 Å². The van der Waals surface area contributed by atoms with Crippen LogP contribution in [0.15, 0.2) is 24.3 Å². The molecule has 0 radical (unpaired) electrons. The highest BCUT2D eigenvalue weighted by Crippen LogP contribution is 2.30. The molecule has 21 heavy (non-hydrogen) atoms. The van der Waals surface area contributed by atoms with Crippen molar-refractivity contribution in [3.63, 3.8) is 0 Å². The zero-order valence-corrected chi connectivity index (χ0v) is 14.5. The third-order valence-corrected chi connectivity index (χ3v) is 4.89. The summed E-state index contributed by atoms with van der Waals surface area (Å²) in [5, 5.41) is 3.76. The fourth-order valence-corrected chi connectivity index (χ4v) is 3.08. The van der Waals surface area contributed by atoms with E-state index in [2.05, 4.69) is 81.2 Å². The smallest absolute Gasteiger partial charge is 0.0438 e. The van der Waals surface area contributed by atoms with E-state index in [1.54, 1.807) is 0 Å². The molecule has 1 aliphatic heterocycles. The Morgan fingerprint density at radius 3 is 2.67 bits per heavy atom. The van der Waals surface area contributed by atoms with Crippen molar-refractivity contribution in [2.24, 2.45) is 5.92 Å². The van der Waals surface area contributed by atoms with E-state index in [9.17, 15) is 0 Å². The summed E-state index contributed by atoms with van der Waals surface area (Å²) >= 11 is 0. The Kier molecular flexibility index (Phi) is 4.82. The minimum atomic E-state index is 0.208. The van der Waals surface area contributed by atoms with Crippen molar-refractivity contribution in [3.8, 4) is 0 Å². The van der Waals surface area contributed by atoms with Gasteiger partial charge in [-0.05, 0) is 37.5 Å². The maximum Gasteiger partial charge on any atom is 0.0438 e. The lowest BCUT2D eigenvalue weighted by molar-refractivity contribution is 0.253. The predicted molar refractivity (Wildman–Crippen MR) is 93.4 cm³/mol. The van der Waals surface area contributed by atoms with E-state index in [1.807, 2.05) is 0 Å². The Balaban J connectivity index is 2.33. The van der Waals surface area contributed by atoms with Gasteiger partial charge in [-0.1, -0.05) is 26.8 Å². The molecule has 2 rings (SSSR count). The second-order valence-corrected chi connectivity index (χ2v) is 7.15. The Hall–Kier alpha value is -1.22. The maximum absolute atomic E-state index is 3.76. The highest BCUT2D eigenvalue weighted by molar-refractivity contribution is 5.60. The van der Waals surface area contributed by atoms with Crippen LogP contribution >= 0.6 is 0 Å². The second kappa shape index (κ2) is 6.27. The van der Waals surface area contributed by atoms with Crippen molar-refractivity contribution < 1.29 is 0 Å². The second-order valence-electron chi connectivity index (χ2n) is 7.15. The predicted octanol–water partition coefficient (Wildman–Crippen LogP) is 3.36. The van der Waals surface area contributed by atoms with Crippen molar-refractivity contribution in [3.05, 3.63) is 24.3 Å². The molecule has 1 aromatic carbocycles. The zero-order chi connectivity index (χ0) is 15.6.